The van der Waals surface area contributed by atoms with Crippen LogP contribution in [0, 0.1) is 5.92 Å². The summed E-state index contributed by atoms with van der Waals surface area (Å²) < 4.78 is 50.4. The average Bonchev–Trinajstić information content (AvgIpc) is 2.69. The van der Waals surface area contributed by atoms with E-state index in [1.165, 1.54) is 11.0 Å². The van der Waals surface area contributed by atoms with Crippen molar-refractivity contribution in [1.82, 2.24) is 0 Å². The van der Waals surface area contributed by atoms with Crippen molar-refractivity contribution < 1.29 is 32.2 Å². The molecule has 0 fully saturated rings. The number of hydrogen-bond acceptors (Lipinski definition) is 4. The second kappa shape index (κ2) is 9.63. The van der Waals surface area contributed by atoms with Gasteiger partial charge in [0.15, 0.2) is 0 Å². The standard InChI is InChI=1S/C24H28F3NO4/c1-15(2)21(29)28(6)18-9-11-19(12-10-18)31-14-16-7-8-17(24(25,26)27)13-20(16)22(30)32-23(3,4)5/h7-13,15H,14H2,1-6H3. The molecule has 2 aromatic rings. The van der Waals surface area contributed by atoms with Crippen molar-refractivity contribution in [2.45, 2.75) is 53.0 Å². The molecule has 0 spiro atoms. The Bertz CT molecular complexity index is 961. The average molecular weight is 451 g/mol. The first-order valence-electron chi connectivity index (χ1n) is 10.1. The molecular formula is C24H28F3NO4. The highest BCUT2D eigenvalue weighted by Crippen LogP contribution is 2.31. The van der Waals surface area contributed by atoms with E-state index in [-0.39, 0.29) is 29.6 Å². The van der Waals surface area contributed by atoms with Gasteiger partial charge in [0.05, 0.1) is 11.1 Å². The van der Waals surface area contributed by atoms with Gasteiger partial charge < -0.3 is 14.4 Å². The molecule has 0 aromatic heterocycles. The lowest BCUT2D eigenvalue weighted by Gasteiger charge is -2.21. The van der Waals surface area contributed by atoms with Gasteiger partial charge in [0.2, 0.25) is 5.91 Å². The molecule has 2 rings (SSSR count). The van der Waals surface area contributed by atoms with E-state index in [9.17, 15) is 22.8 Å². The van der Waals surface area contributed by atoms with Crippen molar-refractivity contribution in [3.05, 3.63) is 59.2 Å². The second-order valence-electron chi connectivity index (χ2n) is 8.71. The molecule has 5 nitrogen and oxygen atoms in total. The number of benzene rings is 2. The van der Waals surface area contributed by atoms with Crippen LogP contribution in [-0.2, 0) is 22.3 Å². The molecule has 0 saturated heterocycles. The molecule has 0 unspecified atom stereocenters. The number of ether oxygens (including phenoxy) is 2. The minimum Gasteiger partial charge on any atom is -0.489 e. The molecule has 0 bridgehead atoms. The number of halogens is 3. The molecule has 0 atom stereocenters. The highest BCUT2D eigenvalue weighted by Gasteiger charge is 2.32. The lowest BCUT2D eigenvalue weighted by Crippen LogP contribution is -2.30. The van der Waals surface area contributed by atoms with Gasteiger partial charge in [0, 0.05) is 24.2 Å². The van der Waals surface area contributed by atoms with E-state index in [4.69, 9.17) is 9.47 Å². The maximum Gasteiger partial charge on any atom is 0.416 e. The number of alkyl halides is 3. The molecule has 8 heteroatoms. The van der Waals surface area contributed by atoms with Gasteiger partial charge in [-0.15, -0.1) is 0 Å². The van der Waals surface area contributed by atoms with E-state index in [2.05, 4.69) is 0 Å². The van der Waals surface area contributed by atoms with Crippen molar-refractivity contribution in [3.63, 3.8) is 0 Å². The van der Waals surface area contributed by atoms with Crippen LogP contribution in [0.15, 0.2) is 42.5 Å². The summed E-state index contributed by atoms with van der Waals surface area (Å²) in [6.45, 7) is 8.39. The molecule has 1 amide bonds. The van der Waals surface area contributed by atoms with Gasteiger partial charge in [-0.1, -0.05) is 19.9 Å². The third kappa shape index (κ3) is 6.73. The Labute approximate surface area is 186 Å². The number of hydrogen-bond donors (Lipinski definition) is 0. The number of nitrogens with zero attached hydrogens (tertiary/aromatic N) is 1. The minimum absolute atomic E-state index is 0.0366. The molecular weight excluding hydrogens is 423 g/mol. The van der Waals surface area contributed by atoms with Crippen LogP contribution in [0.4, 0.5) is 18.9 Å². The van der Waals surface area contributed by atoms with E-state index < -0.39 is 23.3 Å². The minimum atomic E-state index is -4.59. The summed E-state index contributed by atoms with van der Waals surface area (Å²) in [5.74, 6) is -0.604. The summed E-state index contributed by atoms with van der Waals surface area (Å²) >= 11 is 0. The highest BCUT2D eigenvalue weighted by molar-refractivity contribution is 5.94. The highest BCUT2D eigenvalue weighted by atomic mass is 19.4. The van der Waals surface area contributed by atoms with Crippen LogP contribution in [0.25, 0.3) is 0 Å². The fourth-order valence-corrected chi connectivity index (χ4v) is 2.84. The van der Waals surface area contributed by atoms with Crippen LogP contribution >= 0.6 is 0 Å². The summed E-state index contributed by atoms with van der Waals surface area (Å²) in [6.07, 6.45) is -4.59. The number of rotatable bonds is 6. The maximum absolute atomic E-state index is 13.2. The molecule has 0 aliphatic carbocycles. The molecule has 2 aromatic carbocycles. The zero-order valence-corrected chi connectivity index (χ0v) is 19.0. The predicted octanol–water partition coefficient (Wildman–Crippen LogP) is 5.86. The van der Waals surface area contributed by atoms with Gasteiger partial charge in [-0.2, -0.15) is 13.2 Å². The second-order valence-corrected chi connectivity index (χ2v) is 8.71. The molecule has 0 saturated carbocycles. The molecule has 0 aliphatic heterocycles. The van der Waals surface area contributed by atoms with Crippen LogP contribution in [0.5, 0.6) is 5.75 Å². The normalized spacial score (nSPS) is 11.9. The van der Waals surface area contributed by atoms with Crippen molar-refractivity contribution in [2.24, 2.45) is 5.92 Å². The Morgan fingerprint density at radius 3 is 2.09 bits per heavy atom. The number of esters is 1. The Hall–Kier alpha value is -3.03. The van der Waals surface area contributed by atoms with Gasteiger partial charge in [0.1, 0.15) is 18.0 Å². The molecule has 0 heterocycles. The largest absolute Gasteiger partial charge is 0.489 e. The fourth-order valence-electron chi connectivity index (χ4n) is 2.84. The van der Waals surface area contributed by atoms with Crippen molar-refractivity contribution >= 4 is 17.6 Å². The van der Waals surface area contributed by atoms with E-state index in [0.29, 0.717) is 11.4 Å². The van der Waals surface area contributed by atoms with E-state index in [1.807, 2.05) is 13.8 Å². The molecule has 174 valence electrons. The maximum atomic E-state index is 13.2. The van der Waals surface area contributed by atoms with Gasteiger partial charge >= 0.3 is 12.1 Å². The lowest BCUT2D eigenvalue weighted by atomic mass is 10.0. The third-order valence-corrected chi connectivity index (χ3v) is 4.50. The summed E-state index contributed by atoms with van der Waals surface area (Å²) in [5.41, 5.74) is -1.06. The first-order valence-corrected chi connectivity index (χ1v) is 10.1. The van der Waals surface area contributed by atoms with Crippen molar-refractivity contribution in [2.75, 3.05) is 11.9 Å². The van der Waals surface area contributed by atoms with Gasteiger partial charge in [-0.05, 0) is 57.2 Å². The Balaban J connectivity index is 2.23. The Kier molecular flexibility index (Phi) is 7.59. The quantitative estimate of drug-likeness (QED) is 0.517. The Morgan fingerprint density at radius 1 is 1.00 bits per heavy atom. The number of anilines is 1. The van der Waals surface area contributed by atoms with Gasteiger partial charge in [-0.3, -0.25) is 4.79 Å². The first-order chi connectivity index (χ1) is 14.7. The van der Waals surface area contributed by atoms with Crippen LogP contribution in [0.1, 0.15) is 56.1 Å². The zero-order valence-electron chi connectivity index (χ0n) is 19.0. The summed E-state index contributed by atoms with van der Waals surface area (Å²) in [5, 5.41) is 0. The van der Waals surface area contributed by atoms with E-state index in [0.717, 1.165) is 12.1 Å². The van der Waals surface area contributed by atoms with E-state index in [1.54, 1.807) is 52.1 Å². The van der Waals surface area contributed by atoms with Crippen molar-refractivity contribution in [1.29, 1.82) is 0 Å². The number of carbonyl (C=O) groups is 2. The molecule has 0 radical (unpaired) electrons. The van der Waals surface area contributed by atoms with Crippen LogP contribution in [0.3, 0.4) is 0 Å². The molecule has 0 N–H and O–H groups in total. The Morgan fingerprint density at radius 2 is 1.59 bits per heavy atom. The monoisotopic (exact) mass is 451 g/mol. The van der Waals surface area contributed by atoms with Gasteiger partial charge in [-0.25, -0.2) is 4.79 Å². The molecule has 0 aliphatic rings. The van der Waals surface area contributed by atoms with Gasteiger partial charge in [0.25, 0.3) is 0 Å². The van der Waals surface area contributed by atoms with E-state index >= 15 is 0 Å². The van der Waals surface area contributed by atoms with Crippen LogP contribution < -0.4 is 9.64 Å². The molecule has 32 heavy (non-hydrogen) atoms. The smallest absolute Gasteiger partial charge is 0.416 e. The lowest BCUT2D eigenvalue weighted by molar-refractivity contribution is -0.137. The van der Waals surface area contributed by atoms with Crippen molar-refractivity contribution in [3.8, 4) is 5.75 Å². The number of amides is 1. The zero-order chi connectivity index (χ0) is 24.3. The summed E-state index contributed by atoms with van der Waals surface area (Å²) in [6, 6.07) is 9.61. The van der Waals surface area contributed by atoms with Crippen LogP contribution in [-0.4, -0.2) is 24.5 Å². The number of carbonyl (C=O) groups excluding carboxylic acids is 2. The fraction of sp³-hybridized carbons (Fsp3) is 0.417. The first kappa shape index (κ1) is 25.2. The summed E-state index contributed by atoms with van der Waals surface area (Å²) in [4.78, 5) is 26.2. The SMILES string of the molecule is CC(C)C(=O)N(C)c1ccc(OCc2ccc(C(F)(F)F)cc2C(=O)OC(C)(C)C)cc1. The van der Waals surface area contributed by atoms with Crippen LogP contribution in [0.2, 0.25) is 0 Å². The summed E-state index contributed by atoms with van der Waals surface area (Å²) in [7, 11) is 1.67. The third-order valence-electron chi connectivity index (χ3n) is 4.50. The predicted molar refractivity (Wildman–Crippen MR) is 116 cm³/mol. The topological polar surface area (TPSA) is 55.8 Å².